The number of carbonyl (C=O) groups is 1. The maximum absolute atomic E-state index is 12.2. The second-order valence-corrected chi connectivity index (χ2v) is 7.54. The van der Waals surface area contributed by atoms with Gasteiger partial charge in [-0.1, -0.05) is 59.6 Å². The Balaban J connectivity index is 2.20. The number of nitrogens with one attached hydrogen (secondary N) is 1. The summed E-state index contributed by atoms with van der Waals surface area (Å²) < 4.78 is 0.791. The fraction of sp³-hybridized carbons (Fsp3) is 0.308. The molecule has 0 saturated heterocycles. The second kappa shape index (κ2) is 5.79. The highest BCUT2D eigenvalue weighted by molar-refractivity contribution is 9.10. The third kappa shape index (κ3) is 3.56. The van der Waals surface area contributed by atoms with Crippen molar-refractivity contribution in [2.75, 3.05) is 5.32 Å². The first kappa shape index (κ1) is 15.4. The van der Waals surface area contributed by atoms with Crippen molar-refractivity contribution in [1.29, 1.82) is 0 Å². The van der Waals surface area contributed by atoms with Gasteiger partial charge in [0.25, 0.3) is 5.91 Å². The predicted octanol–water partition coefficient (Wildman–Crippen LogP) is 4.50. The third-order valence-electron chi connectivity index (χ3n) is 2.46. The molecule has 1 N–H and O–H groups in total. The smallest absolute Gasteiger partial charge is 0.259 e. The van der Waals surface area contributed by atoms with Crippen molar-refractivity contribution in [1.82, 2.24) is 10.2 Å². The monoisotopic (exact) mass is 373 g/mol. The summed E-state index contributed by atoms with van der Waals surface area (Å²) in [5.41, 5.74) is 0.308. The van der Waals surface area contributed by atoms with E-state index in [4.69, 9.17) is 11.6 Å². The fourth-order valence-electron chi connectivity index (χ4n) is 1.41. The van der Waals surface area contributed by atoms with Crippen molar-refractivity contribution in [3.8, 4) is 0 Å². The molecule has 0 aliphatic rings. The Bertz CT molecular complexity index is 651. The molecule has 0 aliphatic heterocycles. The number of nitrogens with zero attached hydrogens (tertiary/aromatic N) is 2. The van der Waals surface area contributed by atoms with Crippen molar-refractivity contribution < 1.29 is 4.79 Å². The van der Waals surface area contributed by atoms with Crippen LogP contribution in [0.4, 0.5) is 5.13 Å². The maximum atomic E-state index is 12.2. The van der Waals surface area contributed by atoms with E-state index in [9.17, 15) is 4.79 Å². The Morgan fingerprint density at radius 3 is 2.65 bits per heavy atom. The molecule has 1 aromatic carbocycles. The van der Waals surface area contributed by atoms with E-state index >= 15 is 0 Å². The van der Waals surface area contributed by atoms with Gasteiger partial charge in [0.1, 0.15) is 5.01 Å². The predicted molar refractivity (Wildman–Crippen MR) is 85.7 cm³/mol. The Morgan fingerprint density at radius 2 is 2.05 bits per heavy atom. The Hall–Kier alpha value is -0.980. The standard InChI is InChI=1S/C13H13BrClN3OS/c1-13(2,3)11-17-18-12(20-11)16-10(19)8-6-7(14)4-5-9(8)15/h4-6H,1-3H3,(H,16,18,19). The number of carbonyl (C=O) groups excluding carboxylic acids is 1. The number of amides is 1. The van der Waals surface area contributed by atoms with Gasteiger partial charge in [0, 0.05) is 9.89 Å². The summed E-state index contributed by atoms with van der Waals surface area (Å²) in [6, 6.07) is 5.12. The molecule has 4 nitrogen and oxygen atoms in total. The summed E-state index contributed by atoms with van der Waals surface area (Å²) in [4.78, 5) is 12.2. The number of benzene rings is 1. The van der Waals surface area contributed by atoms with Gasteiger partial charge >= 0.3 is 0 Å². The number of anilines is 1. The quantitative estimate of drug-likeness (QED) is 0.841. The molecule has 0 spiro atoms. The van der Waals surface area contributed by atoms with Gasteiger partial charge in [0.2, 0.25) is 5.13 Å². The van der Waals surface area contributed by atoms with Crippen LogP contribution in [0.25, 0.3) is 0 Å². The molecular weight excluding hydrogens is 362 g/mol. The average Bonchev–Trinajstić information content (AvgIpc) is 2.80. The van der Waals surface area contributed by atoms with Crippen LogP contribution in [0.2, 0.25) is 5.02 Å². The summed E-state index contributed by atoms with van der Waals surface area (Å²) in [6.45, 7) is 6.14. The van der Waals surface area contributed by atoms with Gasteiger partial charge in [-0.2, -0.15) is 0 Å². The van der Waals surface area contributed by atoms with Crippen LogP contribution in [-0.2, 0) is 5.41 Å². The lowest BCUT2D eigenvalue weighted by Crippen LogP contribution is -2.12. The molecule has 0 fully saturated rings. The van der Waals surface area contributed by atoms with E-state index in [1.807, 2.05) is 20.8 Å². The molecule has 106 valence electrons. The Kier molecular flexibility index (Phi) is 4.46. The van der Waals surface area contributed by atoms with Crippen LogP contribution in [0.1, 0.15) is 36.1 Å². The first-order chi connectivity index (χ1) is 9.27. The topological polar surface area (TPSA) is 54.9 Å². The number of halogens is 2. The minimum atomic E-state index is -0.298. The molecule has 7 heteroatoms. The zero-order chi connectivity index (χ0) is 14.9. The average molecular weight is 375 g/mol. The summed E-state index contributed by atoms with van der Waals surface area (Å²) in [5.74, 6) is -0.298. The van der Waals surface area contributed by atoms with Gasteiger partial charge in [-0.25, -0.2) is 0 Å². The van der Waals surface area contributed by atoms with Gasteiger partial charge in [-0.3, -0.25) is 10.1 Å². The summed E-state index contributed by atoms with van der Waals surface area (Å²) in [7, 11) is 0. The van der Waals surface area contributed by atoms with Crippen LogP contribution in [0.3, 0.4) is 0 Å². The lowest BCUT2D eigenvalue weighted by atomic mass is 9.98. The van der Waals surface area contributed by atoms with Crippen molar-refractivity contribution >= 4 is 49.9 Å². The lowest BCUT2D eigenvalue weighted by molar-refractivity contribution is 0.102. The van der Waals surface area contributed by atoms with Crippen molar-refractivity contribution in [2.45, 2.75) is 26.2 Å². The van der Waals surface area contributed by atoms with E-state index in [2.05, 4.69) is 31.4 Å². The molecule has 0 saturated carbocycles. The van der Waals surface area contributed by atoms with E-state index in [1.165, 1.54) is 11.3 Å². The van der Waals surface area contributed by atoms with Crippen LogP contribution in [-0.4, -0.2) is 16.1 Å². The zero-order valence-electron chi connectivity index (χ0n) is 11.2. The van der Waals surface area contributed by atoms with E-state index in [1.54, 1.807) is 18.2 Å². The van der Waals surface area contributed by atoms with Gasteiger partial charge in [-0.15, -0.1) is 10.2 Å². The fourth-order valence-corrected chi connectivity index (χ4v) is 2.77. The minimum Gasteiger partial charge on any atom is -0.296 e. The van der Waals surface area contributed by atoms with Gasteiger partial charge < -0.3 is 0 Å². The van der Waals surface area contributed by atoms with Crippen LogP contribution < -0.4 is 5.32 Å². The van der Waals surface area contributed by atoms with E-state index < -0.39 is 0 Å². The van der Waals surface area contributed by atoms with E-state index in [0.29, 0.717) is 15.7 Å². The van der Waals surface area contributed by atoms with Crippen LogP contribution >= 0.6 is 38.9 Å². The molecule has 20 heavy (non-hydrogen) atoms. The first-order valence-electron chi connectivity index (χ1n) is 5.88. The molecule has 2 rings (SSSR count). The number of aromatic nitrogens is 2. The highest BCUT2D eigenvalue weighted by Gasteiger charge is 2.20. The summed E-state index contributed by atoms with van der Waals surface area (Å²) in [6.07, 6.45) is 0. The maximum Gasteiger partial charge on any atom is 0.259 e. The normalized spacial score (nSPS) is 11.4. The SMILES string of the molecule is CC(C)(C)c1nnc(NC(=O)c2cc(Br)ccc2Cl)s1. The molecule has 1 aromatic heterocycles. The van der Waals surface area contributed by atoms with Crippen LogP contribution in [0.5, 0.6) is 0 Å². The summed E-state index contributed by atoms with van der Waals surface area (Å²) >= 11 is 10.7. The second-order valence-electron chi connectivity index (χ2n) is 5.24. The molecule has 1 amide bonds. The minimum absolute atomic E-state index is 0.0892. The van der Waals surface area contributed by atoms with Gasteiger partial charge in [0.05, 0.1) is 10.6 Å². The van der Waals surface area contributed by atoms with Crippen LogP contribution in [0, 0.1) is 0 Å². The number of hydrogen-bond donors (Lipinski definition) is 1. The highest BCUT2D eigenvalue weighted by atomic mass is 79.9. The van der Waals surface area contributed by atoms with E-state index in [0.717, 1.165) is 9.48 Å². The highest BCUT2D eigenvalue weighted by Crippen LogP contribution is 2.28. The molecule has 0 aliphatic carbocycles. The molecular formula is C13H13BrClN3OS. The molecule has 0 atom stereocenters. The molecule has 2 aromatic rings. The van der Waals surface area contributed by atoms with Gasteiger partial charge in [-0.05, 0) is 18.2 Å². The number of hydrogen-bond acceptors (Lipinski definition) is 4. The zero-order valence-corrected chi connectivity index (χ0v) is 14.4. The number of rotatable bonds is 2. The summed E-state index contributed by atoms with van der Waals surface area (Å²) in [5, 5.41) is 12.5. The van der Waals surface area contributed by atoms with Crippen molar-refractivity contribution in [3.63, 3.8) is 0 Å². The van der Waals surface area contributed by atoms with Crippen molar-refractivity contribution in [3.05, 3.63) is 38.3 Å². The van der Waals surface area contributed by atoms with Crippen molar-refractivity contribution in [2.24, 2.45) is 0 Å². The Labute approximate surface area is 134 Å². The Morgan fingerprint density at radius 1 is 1.35 bits per heavy atom. The molecule has 0 bridgehead atoms. The molecule has 1 heterocycles. The first-order valence-corrected chi connectivity index (χ1v) is 7.86. The third-order valence-corrected chi connectivity index (χ3v) is 4.55. The molecule has 0 radical (unpaired) electrons. The lowest BCUT2D eigenvalue weighted by Gasteiger charge is -2.12. The van der Waals surface area contributed by atoms with Crippen LogP contribution in [0.15, 0.2) is 22.7 Å². The van der Waals surface area contributed by atoms with Gasteiger partial charge in [0.15, 0.2) is 0 Å². The largest absolute Gasteiger partial charge is 0.296 e. The molecule has 0 unspecified atom stereocenters. The van der Waals surface area contributed by atoms with E-state index in [-0.39, 0.29) is 11.3 Å².